The minimum Gasteiger partial charge on any atom is -0.478 e. The first-order valence-electron chi connectivity index (χ1n) is 10.4. The van der Waals surface area contributed by atoms with Crippen molar-refractivity contribution < 1.29 is 27.1 Å². The SMILES string of the molecule is CCCCN(Cc1ccccc1)c1ccc(NS(=O)(=O)c2cc(F)ccc2F)cc1C(=O)O. The third kappa shape index (κ3) is 6.07. The minimum atomic E-state index is -4.48. The molecule has 0 fully saturated rings. The Morgan fingerprint density at radius 2 is 1.76 bits per heavy atom. The van der Waals surface area contributed by atoms with Crippen LogP contribution in [0.2, 0.25) is 0 Å². The molecule has 0 amide bonds. The Morgan fingerprint density at radius 3 is 2.42 bits per heavy atom. The van der Waals surface area contributed by atoms with Gasteiger partial charge < -0.3 is 10.0 Å². The number of aromatic carboxylic acids is 1. The van der Waals surface area contributed by atoms with Crippen LogP contribution in [0.3, 0.4) is 0 Å². The molecule has 0 aliphatic rings. The molecule has 0 radical (unpaired) electrons. The Hall–Kier alpha value is -3.46. The number of hydrogen-bond acceptors (Lipinski definition) is 4. The number of carboxylic acid groups (broad SMARTS) is 1. The highest BCUT2D eigenvalue weighted by Crippen LogP contribution is 2.28. The number of benzene rings is 3. The Bertz CT molecular complexity index is 1230. The average molecular weight is 475 g/mol. The molecular weight excluding hydrogens is 450 g/mol. The lowest BCUT2D eigenvalue weighted by molar-refractivity contribution is 0.0697. The van der Waals surface area contributed by atoms with E-state index in [1.807, 2.05) is 42.2 Å². The minimum absolute atomic E-state index is 0.0741. The van der Waals surface area contributed by atoms with Gasteiger partial charge >= 0.3 is 5.97 Å². The van der Waals surface area contributed by atoms with Crippen LogP contribution in [0, 0.1) is 11.6 Å². The monoisotopic (exact) mass is 474 g/mol. The van der Waals surface area contributed by atoms with E-state index in [-0.39, 0.29) is 11.3 Å². The van der Waals surface area contributed by atoms with E-state index < -0.39 is 32.5 Å². The number of nitrogens with one attached hydrogen (secondary N) is 1. The molecule has 6 nitrogen and oxygen atoms in total. The highest BCUT2D eigenvalue weighted by Gasteiger charge is 2.22. The molecule has 33 heavy (non-hydrogen) atoms. The summed E-state index contributed by atoms with van der Waals surface area (Å²) in [6.45, 7) is 3.11. The van der Waals surface area contributed by atoms with E-state index in [4.69, 9.17) is 0 Å². The van der Waals surface area contributed by atoms with Crippen LogP contribution < -0.4 is 9.62 Å². The molecule has 3 aromatic rings. The first-order chi connectivity index (χ1) is 15.7. The van der Waals surface area contributed by atoms with E-state index in [9.17, 15) is 27.1 Å². The summed E-state index contributed by atoms with van der Waals surface area (Å²) < 4.78 is 54.8. The molecule has 0 heterocycles. The smallest absolute Gasteiger partial charge is 0.337 e. The normalized spacial score (nSPS) is 11.2. The lowest BCUT2D eigenvalue weighted by atomic mass is 10.1. The number of nitrogens with zero attached hydrogens (tertiary/aromatic N) is 1. The zero-order chi connectivity index (χ0) is 24.0. The van der Waals surface area contributed by atoms with Crippen molar-refractivity contribution in [3.8, 4) is 0 Å². The number of carbonyl (C=O) groups is 1. The summed E-state index contributed by atoms with van der Waals surface area (Å²) >= 11 is 0. The van der Waals surface area contributed by atoms with E-state index in [1.54, 1.807) is 0 Å². The Balaban J connectivity index is 1.96. The Morgan fingerprint density at radius 1 is 1.03 bits per heavy atom. The van der Waals surface area contributed by atoms with Gasteiger partial charge in [0.05, 0.1) is 11.3 Å². The van der Waals surface area contributed by atoms with Gasteiger partial charge in [-0.05, 0) is 48.4 Å². The van der Waals surface area contributed by atoms with Gasteiger partial charge in [-0.25, -0.2) is 22.0 Å². The van der Waals surface area contributed by atoms with Gasteiger partial charge in [0, 0.05) is 18.8 Å². The van der Waals surface area contributed by atoms with Crippen LogP contribution in [0.1, 0.15) is 35.7 Å². The summed E-state index contributed by atoms with van der Waals surface area (Å²) in [6.07, 6.45) is 1.74. The predicted octanol–water partition coefficient (Wildman–Crippen LogP) is 5.27. The molecule has 0 spiro atoms. The van der Waals surface area contributed by atoms with Gasteiger partial charge in [-0.3, -0.25) is 4.72 Å². The van der Waals surface area contributed by atoms with Crippen LogP contribution in [0.15, 0.2) is 71.6 Å². The molecule has 0 saturated carbocycles. The van der Waals surface area contributed by atoms with Crippen molar-refractivity contribution in [2.24, 2.45) is 0 Å². The van der Waals surface area contributed by atoms with Crippen LogP contribution in [-0.2, 0) is 16.6 Å². The van der Waals surface area contributed by atoms with Crippen molar-refractivity contribution in [3.05, 3.63) is 89.5 Å². The summed E-state index contributed by atoms with van der Waals surface area (Å²) in [6, 6.07) is 15.8. The maximum atomic E-state index is 14.0. The van der Waals surface area contributed by atoms with E-state index in [0.717, 1.165) is 24.5 Å². The van der Waals surface area contributed by atoms with Gasteiger partial charge in [-0.1, -0.05) is 43.7 Å². The van der Waals surface area contributed by atoms with Gasteiger partial charge in [0.1, 0.15) is 16.5 Å². The summed E-state index contributed by atoms with van der Waals surface area (Å²) in [4.78, 5) is 13.1. The number of hydrogen-bond donors (Lipinski definition) is 2. The molecule has 2 N–H and O–H groups in total. The first kappa shape index (κ1) is 24.2. The van der Waals surface area contributed by atoms with Crippen molar-refractivity contribution in [3.63, 3.8) is 0 Å². The summed E-state index contributed by atoms with van der Waals surface area (Å²) in [5.74, 6) is -3.27. The van der Waals surface area contributed by atoms with Crippen molar-refractivity contribution in [1.82, 2.24) is 0 Å². The van der Waals surface area contributed by atoms with Crippen molar-refractivity contribution >= 4 is 27.4 Å². The summed E-state index contributed by atoms with van der Waals surface area (Å²) in [7, 11) is -4.48. The Kier molecular flexibility index (Phi) is 7.65. The molecule has 9 heteroatoms. The fourth-order valence-corrected chi connectivity index (χ4v) is 4.52. The van der Waals surface area contributed by atoms with Crippen LogP contribution >= 0.6 is 0 Å². The molecule has 0 aromatic heterocycles. The fraction of sp³-hybridized carbons (Fsp3) is 0.208. The van der Waals surface area contributed by atoms with Crippen LogP contribution in [0.25, 0.3) is 0 Å². The van der Waals surface area contributed by atoms with Crippen molar-refractivity contribution in [2.45, 2.75) is 31.2 Å². The van der Waals surface area contributed by atoms with E-state index in [1.165, 1.54) is 18.2 Å². The van der Waals surface area contributed by atoms with Crippen LogP contribution in [0.4, 0.5) is 20.2 Å². The van der Waals surface area contributed by atoms with Crippen molar-refractivity contribution in [2.75, 3.05) is 16.2 Å². The quantitative estimate of drug-likeness (QED) is 0.418. The number of halogens is 2. The highest BCUT2D eigenvalue weighted by molar-refractivity contribution is 7.92. The van der Waals surface area contributed by atoms with E-state index >= 15 is 0 Å². The first-order valence-corrected chi connectivity index (χ1v) is 11.8. The topological polar surface area (TPSA) is 86.7 Å². The van der Waals surface area contributed by atoms with Gasteiger partial charge in [0.25, 0.3) is 10.0 Å². The largest absolute Gasteiger partial charge is 0.478 e. The number of rotatable bonds is 10. The zero-order valence-corrected chi connectivity index (χ0v) is 18.8. The van der Waals surface area contributed by atoms with Crippen LogP contribution in [0.5, 0.6) is 0 Å². The van der Waals surface area contributed by atoms with Crippen molar-refractivity contribution in [1.29, 1.82) is 0 Å². The summed E-state index contributed by atoms with van der Waals surface area (Å²) in [5.41, 5.74) is 1.24. The number of sulfonamides is 1. The second-order valence-corrected chi connectivity index (χ2v) is 9.13. The van der Waals surface area contributed by atoms with Gasteiger partial charge in [-0.2, -0.15) is 0 Å². The maximum Gasteiger partial charge on any atom is 0.337 e. The third-order valence-electron chi connectivity index (χ3n) is 5.00. The molecule has 3 aromatic carbocycles. The predicted molar refractivity (Wildman–Crippen MR) is 123 cm³/mol. The molecule has 0 bridgehead atoms. The lowest BCUT2D eigenvalue weighted by Gasteiger charge is -2.27. The summed E-state index contributed by atoms with van der Waals surface area (Å²) in [5, 5.41) is 9.81. The van der Waals surface area contributed by atoms with E-state index in [2.05, 4.69) is 4.72 Å². The molecule has 0 atom stereocenters. The average Bonchev–Trinajstić information content (AvgIpc) is 2.78. The zero-order valence-electron chi connectivity index (χ0n) is 18.0. The molecule has 0 aliphatic carbocycles. The second-order valence-electron chi connectivity index (χ2n) is 7.48. The fourth-order valence-electron chi connectivity index (χ4n) is 3.38. The molecule has 0 saturated heterocycles. The van der Waals surface area contributed by atoms with Gasteiger partial charge in [0.2, 0.25) is 0 Å². The highest BCUT2D eigenvalue weighted by atomic mass is 32.2. The van der Waals surface area contributed by atoms with Crippen LogP contribution in [-0.4, -0.2) is 26.0 Å². The second kappa shape index (κ2) is 10.4. The Labute approximate surface area is 191 Å². The number of anilines is 2. The standard InChI is InChI=1S/C24H24F2N2O4S/c1-2-3-13-28(16-17-7-5-4-6-8-17)22-12-10-19(15-20(22)24(29)30)27-33(31,32)23-14-18(25)9-11-21(23)26/h4-12,14-15,27H,2-3,13,16H2,1H3,(H,29,30). The van der Waals surface area contributed by atoms with Gasteiger partial charge in [0.15, 0.2) is 0 Å². The number of carboxylic acids is 1. The third-order valence-corrected chi connectivity index (χ3v) is 6.40. The maximum absolute atomic E-state index is 14.0. The lowest BCUT2D eigenvalue weighted by Crippen LogP contribution is -2.26. The van der Waals surface area contributed by atoms with Gasteiger partial charge in [-0.15, -0.1) is 0 Å². The van der Waals surface area contributed by atoms with E-state index in [0.29, 0.717) is 30.9 Å². The molecule has 174 valence electrons. The molecule has 0 aliphatic heterocycles. The molecule has 3 rings (SSSR count). The molecule has 0 unspecified atom stereocenters. The number of unbranched alkanes of at least 4 members (excludes halogenated alkanes) is 1. The molecular formula is C24H24F2N2O4S.